The minimum atomic E-state index is -0.193. The summed E-state index contributed by atoms with van der Waals surface area (Å²) >= 11 is 0. The molecule has 3 heteroatoms. The van der Waals surface area contributed by atoms with Gasteiger partial charge in [0.2, 0.25) is 0 Å². The van der Waals surface area contributed by atoms with E-state index in [0.29, 0.717) is 0 Å². The first-order chi connectivity index (χ1) is 9.22. The zero-order valence-corrected chi connectivity index (χ0v) is 11.5. The lowest BCUT2D eigenvalue weighted by Crippen LogP contribution is -2.14. The van der Waals surface area contributed by atoms with E-state index in [1.807, 2.05) is 43.3 Å². The summed E-state index contributed by atoms with van der Waals surface area (Å²) in [5.74, 6) is 0.885. The maximum absolute atomic E-state index is 6.26. The Morgan fingerprint density at radius 1 is 1.21 bits per heavy atom. The lowest BCUT2D eigenvalue weighted by molar-refractivity contribution is 0.317. The van der Waals surface area contributed by atoms with E-state index in [-0.39, 0.29) is 6.04 Å². The smallest absolute Gasteiger partial charge is 0.119 e. The first-order valence-corrected chi connectivity index (χ1v) is 6.62. The summed E-state index contributed by atoms with van der Waals surface area (Å²) in [6.45, 7) is 4.86. The molecular weight excluding hydrogens is 236 g/mol. The Morgan fingerprint density at radius 3 is 2.58 bits per heavy atom. The first-order valence-electron chi connectivity index (χ1n) is 6.62. The Hall–Kier alpha value is -1.87. The van der Waals surface area contributed by atoms with Crippen molar-refractivity contribution in [3.05, 3.63) is 59.4 Å². The highest BCUT2D eigenvalue weighted by Crippen LogP contribution is 2.22. The molecule has 0 radical (unpaired) electrons. The van der Waals surface area contributed by atoms with Crippen molar-refractivity contribution in [2.24, 2.45) is 5.73 Å². The zero-order valence-electron chi connectivity index (χ0n) is 11.5. The van der Waals surface area contributed by atoms with Crippen molar-refractivity contribution in [1.82, 2.24) is 4.98 Å². The molecule has 0 aliphatic carbocycles. The molecule has 2 aromatic rings. The van der Waals surface area contributed by atoms with Crippen LogP contribution in [0.15, 0.2) is 42.6 Å². The van der Waals surface area contributed by atoms with Gasteiger partial charge in [0.15, 0.2) is 0 Å². The number of aromatic nitrogens is 1. The van der Waals surface area contributed by atoms with Crippen LogP contribution < -0.4 is 10.5 Å². The number of benzene rings is 1. The molecule has 1 aromatic carbocycles. The van der Waals surface area contributed by atoms with Crippen LogP contribution in [0.3, 0.4) is 0 Å². The van der Waals surface area contributed by atoms with Crippen LogP contribution >= 0.6 is 0 Å². The number of nitrogens with zero attached hydrogens (tertiary/aromatic N) is 1. The van der Waals surface area contributed by atoms with Gasteiger partial charge in [0.1, 0.15) is 5.75 Å². The predicted molar refractivity (Wildman–Crippen MR) is 77.2 cm³/mol. The summed E-state index contributed by atoms with van der Waals surface area (Å²) in [5.41, 5.74) is 9.34. The van der Waals surface area contributed by atoms with E-state index < -0.39 is 0 Å². The van der Waals surface area contributed by atoms with Crippen LogP contribution in [-0.2, 0) is 0 Å². The number of pyridine rings is 1. The number of hydrogen-bond acceptors (Lipinski definition) is 3. The van der Waals surface area contributed by atoms with Crippen LogP contribution in [0.4, 0.5) is 0 Å². The van der Waals surface area contributed by atoms with E-state index in [9.17, 15) is 0 Å². The van der Waals surface area contributed by atoms with Gasteiger partial charge in [0.05, 0.1) is 18.3 Å². The van der Waals surface area contributed by atoms with Crippen LogP contribution in [0, 0.1) is 6.92 Å². The second-order valence-corrected chi connectivity index (χ2v) is 4.60. The predicted octanol–water partition coefficient (Wildman–Crippen LogP) is 3.23. The fraction of sp³-hybridized carbons (Fsp3) is 0.312. The molecule has 0 amide bonds. The Kier molecular flexibility index (Phi) is 4.53. The van der Waals surface area contributed by atoms with Crippen molar-refractivity contribution in [1.29, 1.82) is 0 Å². The quantitative estimate of drug-likeness (QED) is 0.893. The number of nitrogens with two attached hydrogens (primary N) is 1. The molecule has 0 aliphatic heterocycles. The number of rotatable bonds is 5. The third-order valence-corrected chi connectivity index (χ3v) is 3.06. The zero-order chi connectivity index (χ0) is 13.7. The Bertz CT molecular complexity index is 523. The van der Waals surface area contributed by atoms with Crippen LogP contribution in [0.25, 0.3) is 0 Å². The molecule has 1 heterocycles. The van der Waals surface area contributed by atoms with Crippen molar-refractivity contribution in [2.75, 3.05) is 6.61 Å². The van der Waals surface area contributed by atoms with E-state index in [4.69, 9.17) is 10.5 Å². The van der Waals surface area contributed by atoms with Crippen molar-refractivity contribution in [3.63, 3.8) is 0 Å². The average molecular weight is 256 g/mol. The van der Waals surface area contributed by atoms with Gasteiger partial charge < -0.3 is 10.5 Å². The summed E-state index contributed by atoms with van der Waals surface area (Å²) in [6, 6.07) is 11.7. The van der Waals surface area contributed by atoms with Gasteiger partial charge in [-0.3, -0.25) is 4.98 Å². The van der Waals surface area contributed by atoms with Gasteiger partial charge in [-0.15, -0.1) is 0 Å². The third kappa shape index (κ3) is 3.32. The Labute approximate surface area is 114 Å². The minimum absolute atomic E-state index is 0.193. The Balaban J connectivity index is 2.16. The largest absolute Gasteiger partial charge is 0.494 e. The highest BCUT2D eigenvalue weighted by Gasteiger charge is 2.12. The Morgan fingerprint density at radius 2 is 1.95 bits per heavy atom. The molecule has 0 aliphatic rings. The van der Waals surface area contributed by atoms with Crippen molar-refractivity contribution in [3.8, 4) is 5.75 Å². The average Bonchev–Trinajstić information content (AvgIpc) is 2.45. The summed E-state index contributed by atoms with van der Waals surface area (Å²) < 4.78 is 5.56. The topological polar surface area (TPSA) is 48.1 Å². The standard InChI is InChI=1S/C16H20N2O/c1-3-11-19-14-8-6-13(7-9-14)15(17)16-12(2)5-4-10-18-16/h4-10,15H,3,11,17H2,1-2H3. The SMILES string of the molecule is CCCOc1ccc(C(N)c2ncccc2C)cc1. The summed E-state index contributed by atoms with van der Waals surface area (Å²) in [5, 5.41) is 0. The summed E-state index contributed by atoms with van der Waals surface area (Å²) in [7, 11) is 0. The van der Waals surface area contributed by atoms with E-state index in [1.54, 1.807) is 6.20 Å². The lowest BCUT2D eigenvalue weighted by Gasteiger charge is -2.14. The molecule has 3 nitrogen and oxygen atoms in total. The maximum Gasteiger partial charge on any atom is 0.119 e. The fourth-order valence-corrected chi connectivity index (χ4v) is 1.97. The van der Waals surface area contributed by atoms with Gasteiger partial charge in [-0.2, -0.15) is 0 Å². The molecule has 1 aromatic heterocycles. The van der Waals surface area contributed by atoms with Gasteiger partial charge in [-0.25, -0.2) is 0 Å². The third-order valence-electron chi connectivity index (χ3n) is 3.06. The first kappa shape index (κ1) is 13.6. The van der Waals surface area contributed by atoms with Gasteiger partial charge in [-0.1, -0.05) is 25.1 Å². The van der Waals surface area contributed by atoms with E-state index in [1.165, 1.54) is 0 Å². The van der Waals surface area contributed by atoms with E-state index in [0.717, 1.165) is 35.6 Å². The molecular formula is C16H20N2O. The number of hydrogen-bond donors (Lipinski definition) is 1. The molecule has 0 saturated heterocycles. The monoisotopic (exact) mass is 256 g/mol. The molecule has 0 saturated carbocycles. The van der Waals surface area contributed by atoms with Gasteiger partial charge >= 0.3 is 0 Å². The van der Waals surface area contributed by atoms with E-state index in [2.05, 4.69) is 11.9 Å². The number of ether oxygens (including phenoxy) is 1. The molecule has 1 unspecified atom stereocenters. The van der Waals surface area contributed by atoms with Crippen molar-refractivity contribution >= 4 is 0 Å². The molecule has 100 valence electrons. The van der Waals surface area contributed by atoms with Crippen LogP contribution in [-0.4, -0.2) is 11.6 Å². The fourth-order valence-electron chi connectivity index (χ4n) is 1.97. The van der Waals surface area contributed by atoms with Gasteiger partial charge in [0, 0.05) is 6.20 Å². The van der Waals surface area contributed by atoms with Crippen molar-refractivity contribution in [2.45, 2.75) is 26.3 Å². The second-order valence-electron chi connectivity index (χ2n) is 4.60. The maximum atomic E-state index is 6.26. The number of aryl methyl sites for hydroxylation is 1. The van der Waals surface area contributed by atoms with Crippen LogP contribution in [0.1, 0.15) is 36.2 Å². The molecule has 0 fully saturated rings. The van der Waals surface area contributed by atoms with Crippen LogP contribution in [0.5, 0.6) is 5.75 Å². The normalized spacial score (nSPS) is 12.2. The second kappa shape index (κ2) is 6.34. The molecule has 0 spiro atoms. The van der Waals surface area contributed by atoms with Gasteiger partial charge in [-0.05, 0) is 42.7 Å². The molecule has 19 heavy (non-hydrogen) atoms. The minimum Gasteiger partial charge on any atom is -0.494 e. The highest BCUT2D eigenvalue weighted by atomic mass is 16.5. The lowest BCUT2D eigenvalue weighted by atomic mass is 10.0. The molecule has 2 N–H and O–H groups in total. The summed E-state index contributed by atoms with van der Waals surface area (Å²) in [6.07, 6.45) is 2.79. The molecule has 1 atom stereocenters. The molecule has 0 bridgehead atoms. The van der Waals surface area contributed by atoms with E-state index >= 15 is 0 Å². The highest BCUT2D eigenvalue weighted by molar-refractivity contribution is 5.35. The van der Waals surface area contributed by atoms with Crippen LogP contribution in [0.2, 0.25) is 0 Å². The van der Waals surface area contributed by atoms with Gasteiger partial charge in [0.25, 0.3) is 0 Å². The summed E-state index contributed by atoms with van der Waals surface area (Å²) in [4.78, 5) is 4.37. The van der Waals surface area contributed by atoms with Crippen molar-refractivity contribution < 1.29 is 4.74 Å². The molecule has 2 rings (SSSR count).